The third-order valence-electron chi connectivity index (χ3n) is 8.85. The van der Waals surface area contributed by atoms with Crippen LogP contribution in [0.25, 0.3) is 43.6 Å². The van der Waals surface area contributed by atoms with Gasteiger partial charge >= 0.3 is 0 Å². The first kappa shape index (κ1) is 21.9. The van der Waals surface area contributed by atoms with Gasteiger partial charge in [-0.1, -0.05) is 56.7 Å². The van der Waals surface area contributed by atoms with E-state index in [0.29, 0.717) is 12.5 Å². The van der Waals surface area contributed by atoms with Crippen molar-refractivity contribution in [3.63, 3.8) is 0 Å². The van der Waals surface area contributed by atoms with Crippen molar-refractivity contribution in [2.24, 2.45) is 11.8 Å². The van der Waals surface area contributed by atoms with Crippen LogP contribution in [-0.2, 0) is 22.6 Å². The summed E-state index contributed by atoms with van der Waals surface area (Å²) in [5.41, 5.74) is 6.45. The summed E-state index contributed by atoms with van der Waals surface area (Å²) in [4.78, 5) is 13.4. The fourth-order valence-corrected chi connectivity index (χ4v) is 7.03. The average molecular weight is 482 g/mol. The van der Waals surface area contributed by atoms with Gasteiger partial charge in [-0.15, -0.1) is 0 Å². The molecule has 6 heteroatoms. The van der Waals surface area contributed by atoms with Crippen molar-refractivity contribution in [2.45, 2.75) is 45.7 Å². The Morgan fingerprint density at radius 2 is 1.67 bits per heavy atom. The normalized spacial score (nSPS) is 22.4. The Balaban J connectivity index is 1.79. The predicted octanol–water partition coefficient (Wildman–Crippen LogP) is 5.98. The topological polar surface area (TPSA) is 57.4 Å². The Labute approximate surface area is 209 Å². The van der Waals surface area contributed by atoms with Gasteiger partial charge in [-0.2, -0.15) is 0 Å². The Hall–Kier alpha value is -3.35. The lowest BCUT2D eigenvalue weighted by Gasteiger charge is -2.38. The molecule has 0 fully saturated rings. The summed E-state index contributed by atoms with van der Waals surface area (Å²) >= 11 is 0. The maximum absolute atomic E-state index is 13.4. The van der Waals surface area contributed by atoms with Crippen LogP contribution in [0.1, 0.15) is 42.4 Å². The van der Waals surface area contributed by atoms with E-state index >= 15 is 0 Å². The number of methoxy groups -OCH3 is 2. The van der Waals surface area contributed by atoms with Crippen molar-refractivity contribution >= 4 is 49.5 Å². The van der Waals surface area contributed by atoms with E-state index in [9.17, 15) is 4.79 Å². The van der Waals surface area contributed by atoms with Gasteiger partial charge in [0.15, 0.2) is 6.23 Å². The van der Waals surface area contributed by atoms with Gasteiger partial charge in [0, 0.05) is 60.3 Å². The van der Waals surface area contributed by atoms with E-state index in [4.69, 9.17) is 9.47 Å². The number of benzene rings is 3. The molecular weight excluding hydrogens is 450 g/mol. The van der Waals surface area contributed by atoms with Gasteiger partial charge in [0.05, 0.1) is 22.1 Å². The lowest BCUT2D eigenvalue weighted by molar-refractivity contribution is -0.111. The van der Waals surface area contributed by atoms with E-state index in [-0.39, 0.29) is 24.2 Å². The number of aromatic nitrogens is 2. The Morgan fingerprint density at radius 1 is 0.972 bits per heavy atom. The molecule has 2 aliphatic rings. The molecule has 4 unspecified atom stereocenters. The van der Waals surface area contributed by atoms with E-state index in [1.165, 1.54) is 0 Å². The molecule has 0 saturated heterocycles. The summed E-state index contributed by atoms with van der Waals surface area (Å²) in [7, 11) is 3.60. The molecule has 4 atom stereocenters. The Bertz CT molecular complexity index is 1690. The van der Waals surface area contributed by atoms with Gasteiger partial charge in [-0.3, -0.25) is 4.79 Å². The van der Waals surface area contributed by atoms with Crippen molar-refractivity contribution in [3.05, 3.63) is 59.7 Å². The molecule has 1 amide bonds. The number of amides is 1. The highest BCUT2D eigenvalue weighted by molar-refractivity contribution is 6.30. The molecule has 0 spiro atoms. The lowest BCUT2D eigenvalue weighted by Crippen LogP contribution is -2.40. The second-order valence-electron chi connectivity index (χ2n) is 10.4. The van der Waals surface area contributed by atoms with Crippen LogP contribution in [0.3, 0.4) is 0 Å². The zero-order valence-corrected chi connectivity index (χ0v) is 21.2. The highest BCUT2D eigenvalue weighted by atomic mass is 16.5. The highest BCUT2D eigenvalue weighted by Gasteiger charge is 2.41. The number of carbonyl (C=O) groups is 1. The molecule has 0 aliphatic carbocycles. The molecule has 0 radical (unpaired) electrons. The van der Waals surface area contributed by atoms with Gasteiger partial charge < -0.3 is 23.9 Å². The zero-order valence-electron chi connectivity index (χ0n) is 21.2. The van der Waals surface area contributed by atoms with Crippen molar-refractivity contribution in [1.29, 1.82) is 0 Å². The summed E-state index contributed by atoms with van der Waals surface area (Å²) in [5.74, 6) is 0.654. The van der Waals surface area contributed by atoms with E-state index in [1.807, 2.05) is 7.11 Å². The van der Waals surface area contributed by atoms with Crippen LogP contribution in [0.4, 0.5) is 0 Å². The minimum atomic E-state index is -0.297. The van der Waals surface area contributed by atoms with Gasteiger partial charge in [0.2, 0.25) is 0 Å². The number of rotatable bonds is 4. The fraction of sp³-hybridized carbons (Fsp3) is 0.367. The third-order valence-corrected chi connectivity index (χ3v) is 8.85. The SMILES string of the molecule is CCC(C)C1Cn2c3ccccc3c3c4c(c5c6ccccc6n(c5c32)C(OC)C1OC)CNC4=O. The molecule has 0 bridgehead atoms. The van der Waals surface area contributed by atoms with E-state index in [0.717, 1.165) is 67.7 Å². The van der Waals surface area contributed by atoms with Crippen LogP contribution in [0, 0.1) is 11.8 Å². The smallest absolute Gasteiger partial charge is 0.252 e. The van der Waals surface area contributed by atoms with Gasteiger partial charge in [-0.25, -0.2) is 0 Å². The quantitative estimate of drug-likeness (QED) is 0.343. The van der Waals surface area contributed by atoms with Crippen LogP contribution in [-0.4, -0.2) is 35.4 Å². The number of fused-ring (bicyclic) bond motifs is 9. The maximum atomic E-state index is 13.4. The molecule has 0 saturated carbocycles. The molecular formula is C30H31N3O3. The second-order valence-corrected chi connectivity index (χ2v) is 10.4. The minimum Gasteiger partial charge on any atom is -0.376 e. The maximum Gasteiger partial charge on any atom is 0.252 e. The van der Waals surface area contributed by atoms with E-state index < -0.39 is 0 Å². The number of hydrogen-bond acceptors (Lipinski definition) is 3. The van der Waals surface area contributed by atoms with Crippen LogP contribution < -0.4 is 5.32 Å². The molecule has 5 aromatic rings. The fourth-order valence-electron chi connectivity index (χ4n) is 7.03. The monoisotopic (exact) mass is 481 g/mol. The first-order chi connectivity index (χ1) is 17.6. The summed E-state index contributed by atoms with van der Waals surface area (Å²) in [6.07, 6.45) is 0.612. The summed E-state index contributed by atoms with van der Waals surface area (Å²) in [5, 5.41) is 7.62. The second kappa shape index (κ2) is 7.82. The number of ether oxygens (including phenoxy) is 2. The highest BCUT2D eigenvalue weighted by Crippen LogP contribution is 2.48. The number of hydrogen-bond donors (Lipinski definition) is 1. The van der Waals surface area contributed by atoms with Gasteiger partial charge in [0.1, 0.15) is 6.10 Å². The van der Waals surface area contributed by atoms with E-state index in [1.54, 1.807) is 7.11 Å². The van der Waals surface area contributed by atoms with Crippen molar-refractivity contribution in [1.82, 2.24) is 14.5 Å². The summed E-state index contributed by atoms with van der Waals surface area (Å²) in [6.45, 7) is 5.90. The minimum absolute atomic E-state index is 0.0187. The Morgan fingerprint density at radius 3 is 2.36 bits per heavy atom. The van der Waals surface area contributed by atoms with Crippen LogP contribution >= 0.6 is 0 Å². The first-order valence-corrected chi connectivity index (χ1v) is 12.9. The number of nitrogens with zero attached hydrogens (tertiary/aromatic N) is 2. The molecule has 4 heterocycles. The molecule has 1 N–H and O–H groups in total. The number of carbonyl (C=O) groups excluding carboxylic acids is 1. The molecule has 6 nitrogen and oxygen atoms in total. The molecule has 3 aromatic carbocycles. The standard InChI is InChI=1S/C30H31N3O3/c1-5-16(2)20-15-32-21-12-8-6-10-17(21)24-25-19(14-31-29(25)34)23-18-11-7-9-13-22(18)33(27(23)26(24)32)30(36-4)28(20)35-3/h6-13,16,20,28,30H,5,14-15H2,1-4H3,(H,31,34). The molecule has 36 heavy (non-hydrogen) atoms. The first-order valence-electron chi connectivity index (χ1n) is 12.9. The van der Waals surface area contributed by atoms with Crippen molar-refractivity contribution < 1.29 is 14.3 Å². The van der Waals surface area contributed by atoms with Gasteiger partial charge in [-0.05, 0) is 23.6 Å². The average Bonchev–Trinajstić information content (AvgIpc) is 3.54. The zero-order chi connectivity index (χ0) is 24.7. The van der Waals surface area contributed by atoms with Crippen molar-refractivity contribution in [3.8, 4) is 0 Å². The summed E-state index contributed by atoms with van der Waals surface area (Å²) in [6, 6.07) is 17.0. The van der Waals surface area contributed by atoms with Crippen molar-refractivity contribution in [2.75, 3.05) is 14.2 Å². The third kappa shape index (κ3) is 2.61. The largest absolute Gasteiger partial charge is 0.376 e. The molecule has 2 aliphatic heterocycles. The predicted molar refractivity (Wildman–Crippen MR) is 143 cm³/mol. The van der Waals surface area contributed by atoms with Crippen LogP contribution in [0.5, 0.6) is 0 Å². The molecule has 2 aromatic heterocycles. The van der Waals surface area contributed by atoms with Crippen LogP contribution in [0.15, 0.2) is 48.5 Å². The van der Waals surface area contributed by atoms with Crippen LogP contribution in [0.2, 0.25) is 0 Å². The Kier molecular flexibility index (Phi) is 4.76. The summed E-state index contributed by atoms with van der Waals surface area (Å²) < 4.78 is 17.4. The number of para-hydroxylation sites is 2. The van der Waals surface area contributed by atoms with Gasteiger partial charge in [0.25, 0.3) is 5.91 Å². The number of nitrogens with one attached hydrogen (secondary N) is 1. The molecule has 184 valence electrons. The lowest BCUT2D eigenvalue weighted by atomic mass is 9.85. The van der Waals surface area contributed by atoms with E-state index in [2.05, 4.69) is 76.8 Å². The molecule has 7 rings (SSSR count).